The summed E-state index contributed by atoms with van der Waals surface area (Å²) >= 11 is 1.33. The Morgan fingerprint density at radius 1 is 1.12 bits per heavy atom. The highest BCUT2D eigenvalue weighted by Gasteiger charge is 2.15. The summed E-state index contributed by atoms with van der Waals surface area (Å²) < 4.78 is 1.66. The lowest BCUT2D eigenvalue weighted by atomic mass is 10.1. The molecule has 25 heavy (non-hydrogen) atoms. The summed E-state index contributed by atoms with van der Waals surface area (Å²) in [5.41, 5.74) is 4.14. The van der Waals surface area contributed by atoms with Crippen LogP contribution in [0.5, 0.6) is 0 Å². The molecule has 1 aromatic heterocycles. The number of hydrogen-bond acceptors (Lipinski definition) is 5. The second-order valence-corrected chi connectivity index (χ2v) is 6.66. The molecule has 0 aliphatic rings. The second kappa shape index (κ2) is 7.48. The van der Waals surface area contributed by atoms with Crippen LogP contribution in [0.1, 0.15) is 11.1 Å². The van der Waals surface area contributed by atoms with Crippen molar-refractivity contribution in [3.05, 3.63) is 59.7 Å². The molecule has 0 fully saturated rings. The van der Waals surface area contributed by atoms with Gasteiger partial charge in [0.15, 0.2) is 0 Å². The lowest BCUT2D eigenvalue weighted by Crippen LogP contribution is -2.27. The van der Waals surface area contributed by atoms with Crippen LogP contribution < -0.4 is 4.90 Å². The summed E-state index contributed by atoms with van der Waals surface area (Å²) in [6.07, 6.45) is 0. The maximum Gasteiger partial charge on any atom is 0.237 e. The van der Waals surface area contributed by atoms with Crippen LogP contribution in [-0.2, 0) is 4.79 Å². The van der Waals surface area contributed by atoms with Crippen molar-refractivity contribution in [2.24, 2.45) is 0 Å². The highest BCUT2D eigenvalue weighted by Crippen LogP contribution is 2.21. The van der Waals surface area contributed by atoms with E-state index in [4.69, 9.17) is 0 Å². The number of carbonyl (C=O) groups is 1. The number of para-hydroxylation sites is 1. The van der Waals surface area contributed by atoms with Gasteiger partial charge in [0.1, 0.15) is 0 Å². The zero-order chi connectivity index (χ0) is 17.8. The van der Waals surface area contributed by atoms with E-state index >= 15 is 0 Å². The molecule has 6 nitrogen and oxygen atoms in total. The minimum absolute atomic E-state index is 0.00848. The number of hydrogen-bond donors (Lipinski definition) is 0. The zero-order valence-corrected chi connectivity index (χ0v) is 15.2. The molecule has 3 rings (SSSR count). The van der Waals surface area contributed by atoms with Gasteiger partial charge in [0.2, 0.25) is 11.1 Å². The molecule has 0 atom stereocenters. The third-order valence-corrected chi connectivity index (χ3v) is 4.92. The molecular weight excluding hydrogens is 334 g/mol. The van der Waals surface area contributed by atoms with Gasteiger partial charge in [-0.1, -0.05) is 36.0 Å². The first-order valence-corrected chi connectivity index (χ1v) is 8.85. The van der Waals surface area contributed by atoms with E-state index in [0.717, 1.165) is 11.4 Å². The van der Waals surface area contributed by atoms with E-state index in [1.165, 1.54) is 22.9 Å². The van der Waals surface area contributed by atoms with Crippen LogP contribution in [0.15, 0.2) is 53.7 Å². The third kappa shape index (κ3) is 3.88. The van der Waals surface area contributed by atoms with Crippen LogP contribution in [0.4, 0.5) is 5.69 Å². The van der Waals surface area contributed by atoms with E-state index in [1.807, 2.05) is 55.5 Å². The Kier molecular flexibility index (Phi) is 5.14. The first-order valence-electron chi connectivity index (χ1n) is 7.86. The number of carbonyl (C=O) groups excluding carboxylic acids is 1. The topological polar surface area (TPSA) is 63.9 Å². The maximum absolute atomic E-state index is 12.4. The van der Waals surface area contributed by atoms with Crippen molar-refractivity contribution in [1.82, 2.24) is 20.2 Å². The number of aryl methyl sites for hydroxylation is 2. The highest BCUT2D eigenvalue weighted by atomic mass is 32.2. The standard InChI is InChI=1S/C18H19N5OS/c1-13-9-10-16(11-14(13)2)23-18(19-20-21-23)25-12-17(24)22(3)15-7-5-4-6-8-15/h4-11H,12H2,1-3H3. The second-order valence-electron chi connectivity index (χ2n) is 5.72. The normalized spacial score (nSPS) is 10.7. The van der Waals surface area contributed by atoms with Gasteiger partial charge in [-0.2, -0.15) is 4.68 Å². The Morgan fingerprint density at radius 2 is 1.88 bits per heavy atom. The van der Waals surface area contributed by atoms with Gasteiger partial charge in [-0.15, -0.1) is 5.10 Å². The zero-order valence-electron chi connectivity index (χ0n) is 14.4. The van der Waals surface area contributed by atoms with E-state index in [1.54, 1.807) is 16.6 Å². The average Bonchev–Trinajstić information content (AvgIpc) is 3.10. The van der Waals surface area contributed by atoms with E-state index in [9.17, 15) is 4.79 Å². The van der Waals surface area contributed by atoms with Crippen molar-refractivity contribution in [3.63, 3.8) is 0 Å². The fourth-order valence-corrected chi connectivity index (χ4v) is 3.11. The number of rotatable bonds is 5. The molecule has 0 radical (unpaired) electrons. The van der Waals surface area contributed by atoms with Crippen LogP contribution in [0.3, 0.4) is 0 Å². The Balaban J connectivity index is 1.71. The SMILES string of the molecule is Cc1ccc(-n2nnnc2SCC(=O)N(C)c2ccccc2)cc1C. The van der Waals surface area contributed by atoms with Gasteiger partial charge in [0.05, 0.1) is 11.4 Å². The van der Waals surface area contributed by atoms with Crippen molar-refractivity contribution < 1.29 is 4.79 Å². The number of benzene rings is 2. The molecule has 0 aliphatic carbocycles. The molecule has 0 bridgehead atoms. The smallest absolute Gasteiger partial charge is 0.237 e. The van der Waals surface area contributed by atoms with E-state index < -0.39 is 0 Å². The van der Waals surface area contributed by atoms with Gasteiger partial charge in [-0.3, -0.25) is 4.79 Å². The molecule has 3 aromatic rings. The number of amides is 1. The highest BCUT2D eigenvalue weighted by molar-refractivity contribution is 7.99. The summed E-state index contributed by atoms with van der Waals surface area (Å²) in [6, 6.07) is 15.6. The van der Waals surface area contributed by atoms with Crippen LogP contribution >= 0.6 is 11.8 Å². The molecule has 0 unspecified atom stereocenters. The number of thioether (sulfide) groups is 1. The molecule has 0 saturated carbocycles. The van der Waals surface area contributed by atoms with Crippen molar-refractivity contribution >= 4 is 23.4 Å². The Hall–Kier alpha value is -2.67. The fraction of sp³-hybridized carbons (Fsp3) is 0.222. The van der Waals surface area contributed by atoms with Crippen molar-refractivity contribution in [3.8, 4) is 5.69 Å². The Labute approximate surface area is 150 Å². The van der Waals surface area contributed by atoms with Crippen LogP contribution in [0, 0.1) is 13.8 Å². The first-order chi connectivity index (χ1) is 12.1. The average molecular weight is 353 g/mol. The van der Waals surface area contributed by atoms with Crippen LogP contribution in [-0.4, -0.2) is 38.9 Å². The van der Waals surface area contributed by atoms with Gasteiger partial charge in [0, 0.05) is 12.7 Å². The van der Waals surface area contributed by atoms with Gasteiger partial charge >= 0.3 is 0 Å². The molecule has 2 aromatic carbocycles. The Bertz CT molecular complexity index is 878. The van der Waals surface area contributed by atoms with E-state index in [2.05, 4.69) is 22.4 Å². The lowest BCUT2D eigenvalue weighted by molar-refractivity contribution is -0.115. The van der Waals surface area contributed by atoms with Gasteiger partial charge in [-0.05, 0) is 59.7 Å². The quantitative estimate of drug-likeness (QED) is 0.660. The molecule has 0 aliphatic heterocycles. The Morgan fingerprint density at radius 3 is 2.60 bits per heavy atom. The maximum atomic E-state index is 12.4. The number of aromatic nitrogens is 4. The van der Waals surface area contributed by atoms with Crippen LogP contribution in [0.25, 0.3) is 5.69 Å². The molecule has 0 spiro atoms. The summed E-state index contributed by atoms with van der Waals surface area (Å²) in [6.45, 7) is 4.11. The van der Waals surface area contributed by atoms with Crippen LogP contribution in [0.2, 0.25) is 0 Å². The van der Waals surface area contributed by atoms with E-state index in [-0.39, 0.29) is 11.7 Å². The summed E-state index contributed by atoms with van der Waals surface area (Å²) in [4.78, 5) is 14.0. The fourth-order valence-electron chi connectivity index (χ4n) is 2.31. The third-order valence-electron chi connectivity index (χ3n) is 4.02. The number of anilines is 1. The summed E-state index contributed by atoms with van der Waals surface area (Å²) in [7, 11) is 1.77. The van der Waals surface area contributed by atoms with Gasteiger partial charge in [0.25, 0.3) is 0 Å². The molecule has 128 valence electrons. The van der Waals surface area contributed by atoms with Gasteiger partial charge < -0.3 is 4.90 Å². The van der Waals surface area contributed by atoms with E-state index in [0.29, 0.717) is 5.16 Å². The van der Waals surface area contributed by atoms with Crippen molar-refractivity contribution in [1.29, 1.82) is 0 Å². The monoisotopic (exact) mass is 353 g/mol. The van der Waals surface area contributed by atoms with Gasteiger partial charge in [-0.25, -0.2) is 0 Å². The molecule has 1 heterocycles. The summed E-state index contributed by atoms with van der Waals surface area (Å²) in [5, 5.41) is 12.4. The largest absolute Gasteiger partial charge is 0.315 e. The molecule has 0 N–H and O–H groups in total. The minimum atomic E-state index is -0.00848. The number of nitrogens with zero attached hydrogens (tertiary/aromatic N) is 5. The molecular formula is C18H19N5OS. The molecule has 0 saturated heterocycles. The van der Waals surface area contributed by atoms with Crippen molar-refractivity contribution in [2.45, 2.75) is 19.0 Å². The van der Waals surface area contributed by atoms with Crippen molar-refractivity contribution in [2.75, 3.05) is 17.7 Å². The minimum Gasteiger partial charge on any atom is -0.315 e. The number of tetrazole rings is 1. The predicted molar refractivity (Wildman–Crippen MR) is 99.2 cm³/mol. The predicted octanol–water partition coefficient (Wildman–Crippen LogP) is 3.03. The summed E-state index contributed by atoms with van der Waals surface area (Å²) in [5.74, 6) is 0.252. The molecule has 1 amide bonds. The lowest BCUT2D eigenvalue weighted by Gasteiger charge is -2.16. The first kappa shape index (κ1) is 17.2. The molecule has 7 heteroatoms.